The van der Waals surface area contributed by atoms with Crippen LogP contribution in [0.1, 0.15) is 42.5 Å². The number of primary amides is 1. The molecule has 1 aliphatic heterocycles. The number of H-pyrrole nitrogens is 1. The van der Waals surface area contributed by atoms with Crippen molar-refractivity contribution in [2.75, 3.05) is 6.54 Å². The van der Waals surface area contributed by atoms with Crippen LogP contribution in [0.25, 0.3) is 11.0 Å². The average molecular weight is 258 g/mol. The molecule has 5 nitrogen and oxygen atoms in total. The molecule has 1 unspecified atom stereocenters. The van der Waals surface area contributed by atoms with Gasteiger partial charge in [0.25, 0.3) is 5.91 Å². The number of rotatable bonds is 3. The van der Waals surface area contributed by atoms with Crippen molar-refractivity contribution < 1.29 is 4.79 Å². The molecule has 3 N–H and O–H groups in total. The highest BCUT2D eigenvalue weighted by molar-refractivity contribution is 6.04. The third kappa shape index (κ3) is 1.90. The summed E-state index contributed by atoms with van der Waals surface area (Å²) in [7, 11) is 0. The highest BCUT2D eigenvalue weighted by Crippen LogP contribution is 2.34. The Hall–Kier alpha value is -1.88. The second-order valence-electron chi connectivity index (χ2n) is 5.32. The van der Waals surface area contributed by atoms with Gasteiger partial charge in [-0.1, -0.05) is 6.07 Å². The van der Waals surface area contributed by atoms with E-state index in [4.69, 9.17) is 5.73 Å². The summed E-state index contributed by atoms with van der Waals surface area (Å²) in [5.74, 6) is 0.502. The van der Waals surface area contributed by atoms with Crippen LogP contribution in [0.4, 0.5) is 0 Å². The smallest absolute Gasteiger partial charge is 0.250 e. The van der Waals surface area contributed by atoms with Gasteiger partial charge in [-0.3, -0.25) is 9.69 Å². The Morgan fingerprint density at radius 2 is 2.32 bits per heavy atom. The number of para-hydroxylation sites is 1. The molecular formula is C14H18N4O. The standard InChI is InChI=1S/C14H18N4O/c1-8(2)18-7-6-11(18)14-16-10-5-3-4-9(13(15)19)12(10)17-14/h3-5,8,11H,6-7H2,1-2H3,(H2,15,19)(H,16,17). The van der Waals surface area contributed by atoms with E-state index in [1.54, 1.807) is 6.07 Å². The first-order valence-electron chi connectivity index (χ1n) is 6.62. The SMILES string of the molecule is CC(C)N1CCC1c1nc2c(C(N)=O)cccc2[nH]1. The van der Waals surface area contributed by atoms with Crippen molar-refractivity contribution in [3.8, 4) is 0 Å². The molecule has 5 heteroatoms. The minimum atomic E-state index is -0.432. The van der Waals surface area contributed by atoms with Gasteiger partial charge in [0, 0.05) is 12.6 Å². The van der Waals surface area contributed by atoms with E-state index < -0.39 is 5.91 Å². The van der Waals surface area contributed by atoms with Gasteiger partial charge in [0.15, 0.2) is 0 Å². The molecule has 2 aromatic rings. The summed E-state index contributed by atoms with van der Waals surface area (Å²) in [6, 6.07) is 6.30. The Kier molecular flexibility index (Phi) is 2.78. The zero-order chi connectivity index (χ0) is 13.6. The maximum Gasteiger partial charge on any atom is 0.250 e. The number of hydrogen-bond donors (Lipinski definition) is 2. The average Bonchev–Trinajstić information content (AvgIpc) is 2.68. The summed E-state index contributed by atoms with van der Waals surface area (Å²) in [5, 5.41) is 0. The molecule has 3 rings (SSSR count). The zero-order valence-electron chi connectivity index (χ0n) is 11.2. The topological polar surface area (TPSA) is 75.0 Å². The minimum Gasteiger partial charge on any atom is -0.366 e. The maximum atomic E-state index is 11.4. The highest BCUT2D eigenvalue weighted by atomic mass is 16.1. The van der Waals surface area contributed by atoms with E-state index in [0.717, 1.165) is 24.3 Å². The van der Waals surface area contributed by atoms with Crippen molar-refractivity contribution in [3.63, 3.8) is 0 Å². The number of imidazole rings is 1. The van der Waals surface area contributed by atoms with E-state index in [9.17, 15) is 4.79 Å². The van der Waals surface area contributed by atoms with Crippen molar-refractivity contribution in [2.45, 2.75) is 32.4 Å². The van der Waals surface area contributed by atoms with Gasteiger partial charge in [0.2, 0.25) is 0 Å². The van der Waals surface area contributed by atoms with E-state index in [2.05, 4.69) is 28.7 Å². The van der Waals surface area contributed by atoms with Gasteiger partial charge in [-0.2, -0.15) is 0 Å². The Balaban J connectivity index is 2.03. The number of hydrogen-bond acceptors (Lipinski definition) is 3. The zero-order valence-corrected chi connectivity index (χ0v) is 11.2. The molecule has 0 aliphatic carbocycles. The Labute approximate surface area is 111 Å². The first kappa shape index (κ1) is 12.2. The first-order valence-corrected chi connectivity index (χ1v) is 6.62. The van der Waals surface area contributed by atoms with Gasteiger partial charge in [-0.15, -0.1) is 0 Å². The lowest BCUT2D eigenvalue weighted by Crippen LogP contribution is -2.45. The molecule has 0 radical (unpaired) electrons. The number of fused-ring (bicyclic) bond motifs is 1. The van der Waals surface area contributed by atoms with Crippen LogP contribution in [-0.4, -0.2) is 33.4 Å². The fraction of sp³-hybridized carbons (Fsp3) is 0.429. The van der Waals surface area contributed by atoms with Crippen LogP contribution in [0.15, 0.2) is 18.2 Å². The second kappa shape index (κ2) is 4.35. The fourth-order valence-electron chi connectivity index (χ4n) is 2.73. The quantitative estimate of drug-likeness (QED) is 0.881. The van der Waals surface area contributed by atoms with Gasteiger partial charge in [0.1, 0.15) is 11.3 Å². The number of nitrogens with one attached hydrogen (secondary N) is 1. The number of aromatic amines is 1. The molecule has 1 atom stereocenters. The molecule has 2 heterocycles. The predicted octanol–water partition coefficient (Wildman–Crippen LogP) is 1.82. The lowest BCUT2D eigenvalue weighted by molar-refractivity contribution is 0.0509. The molecule has 0 saturated carbocycles. The van der Waals surface area contributed by atoms with Crippen LogP contribution < -0.4 is 5.73 Å². The van der Waals surface area contributed by atoms with Crippen LogP contribution in [0.2, 0.25) is 0 Å². The fourth-order valence-corrected chi connectivity index (χ4v) is 2.73. The Morgan fingerprint density at radius 3 is 2.89 bits per heavy atom. The summed E-state index contributed by atoms with van der Waals surface area (Å²) in [6.07, 6.45) is 1.10. The van der Waals surface area contributed by atoms with Crippen molar-refractivity contribution in [1.29, 1.82) is 0 Å². The minimum absolute atomic E-state index is 0.327. The van der Waals surface area contributed by atoms with Crippen LogP contribution in [0.3, 0.4) is 0 Å². The van der Waals surface area contributed by atoms with Crippen LogP contribution >= 0.6 is 0 Å². The third-order valence-corrected chi connectivity index (χ3v) is 3.84. The van der Waals surface area contributed by atoms with E-state index in [1.165, 1.54) is 0 Å². The Bertz CT molecular complexity index is 631. The molecular weight excluding hydrogens is 240 g/mol. The van der Waals surface area contributed by atoms with Crippen LogP contribution in [0, 0.1) is 0 Å². The number of amides is 1. The molecule has 0 spiro atoms. The maximum absolute atomic E-state index is 11.4. The Morgan fingerprint density at radius 1 is 1.53 bits per heavy atom. The summed E-state index contributed by atoms with van der Waals surface area (Å²) >= 11 is 0. The summed E-state index contributed by atoms with van der Waals surface area (Å²) < 4.78 is 0. The van der Waals surface area contributed by atoms with Gasteiger partial charge < -0.3 is 10.7 Å². The van der Waals surface area contributed by atoms with E-state index in [-0.39, 0.29) is 0 Å². The summed E-state index contributed by atoms with van der Waals surface area (Å²) in [6.45, 7) is 5.47. The third-order valence-electron chi connectivity index (χ3n) is 3.84. The first-order chi connectivity index (χ1) is 9.08. The summed E-state index contributed by atoms with van der Waals surface area (Å²) in [4.78, 5) is 21.7. The van der Waals surface area contributed by atoms with E-state index >= 15 is 0 Å². The van der Waals surface area contributed by atoms with Crippen molar-refractivity contribution in [3.05, 3.63) is 29.6 Å². The number of benzene rings is 1. The molecule has 1 fully saturated rings. The number of nitrogens with two attached hydrogens (primary N) is 1. The summed E-state index contributed by atoms with van der Waals surface area (Å²) in [5.41, 5.74) is 7.42. The number of nitrogens with zero attached hydrogens (tertiary/aromatic N) is 2. The molecule has 1 aliphatic rings. The molecule has 0 bridgehead atoms. The molecule has 19 heavy (non-hydrogen) atoms. The number of aromatic nitrogens is 2. The normalized spacial score (nSPS) is 19.8. The molecule has 1 aromatic carbocycles. The van der Waals surface area contributed by atoms with Gasteiger partial charge in [0.05, 0.1) is 17.1 Å². The van der Waals surface area contributed by atoms with E-state index in [0.29, 0.717) is 23.2 Å². The molecule has 1 saturated heterocycles. The lowest BCUT2D eigenvalue weighted by Gasteiger charge is -2.42. The van der Waals surface area contributed by atoms with Gasteiger partial charge in [-0.05, 0) is 32.4 Å². The predicted molar refractivity (Wildman–Crippen MR) is 73.8 cm³/mol. The number of likely N-dealkylation sites (tertiary alicyclic amines) is 1. The van der Waals surface area contributed by atoms with Crippen LogP contribution in [-0.2, 0) is 0 Å². The van der Waals surface area contributed by atoms with Gasteiger partial charge >= 0.3 is 0 Å². The number of carbonyl (C=O) groups excluding carboxylic acids is 1. The van der Waals surface area contributed by atoms with Crippen molar-refractivity contribution in [1.82, 2.24) is 14.9 Å². The molecule has 1 aromatic heterocycles. The largest absolute Gasteiger partial charge is 0.366 e. The van der Waals surface area contributed by atoms with Crippen molar-refractivity contribution >= 4 is 16.9 Å². The molecule has 100 valence electrons. The molecule has 1 amide bonds. The number of carbonyl (C=O) groups is 1. The lowest BCUT2D eigenvalue weighted by atomic mass is 10.0. The second-order valence-corrected chi connectivity index (χ2v) is 5.32. The van der Waals surface area contributed by atoms with Crippen molar-refractivity contribution in [2.24, 2.45) is 5.73 Å². The monoisotopic (exact) mass is 258 g/mol. The van der Waals surface area contributed by atoms with E-state index in [1.807, 2.05) is 12.1 Å². The van der Waals surface area contributed by atoms with Gasteiger partial charge in [-0.25, -0.2) is 4.98 Å². The highest BCUT2D eigenvalue weighted by Gasteiger charge is 2.33. The van der Waals surface area contributed by atoms with Crippen LogP contribution in [0.5, 0.6) is 0 Å².